The van der Waals surface area contributed by atoms with Gasteiger partial charge < -0.3 is 14.6 Å². The van der Waals surface area contributed by atoms with Gasteiger partial charge in [0.15, 0.2) is 0 Å². The van der Waals surface area contributed by atoms with Crippen LogP contribution in [0.3, 0.4) is 0 Å². The van der Waals surface area contributed by atoms with Crippen molar-refractivity contribution in [3.63, 3.8) is 0 Å². The molecule has 0 spiro atoms. The Morgan fingerprint density at radius 2 is 2.22 bits per heavy atom. The van der Waals surface area contributed by atoms with Gasteiger partial charge in [-0.05, 0) is 49.8 Å². The first-order valence-corrected chi connectivity index (χ1v) is 8.26. The number of aromatic nitrogens is 1. The first kappa shape index (κ1) is 14.7. The number of aryl methyl sites for hydroxylation is 1. The molecule has 1 saturated carbocycles. The summed E-state index contributed by atoms with van der Waals surface area (Å²) in [5.41, 5.74) is 2.15. The molecule has 0 saturated heterocycles. The van der Waals surface area contributed by atoms with Crippen LogP contribution < -0.4 is 10.1 Å². The summed E-state index contributed by atoms with van der Waals surface area (Å²) in [5, 5.41) is 7.62. The molecule has 1 aromatic heterocycles. The highest BCUT2D eigenvalue weighted by Gasteiger charge is 2.36. The Kier molecular flexibility index (Phi) is 3.81. The van der Waals surface area contributed by atoms with E-state index in [1.165, 1.54) is 24.5 Å². The molecule has 2 unspecified atom stereocenters. The molecule has 1 heterocycles. The normalized spacial score (nSPS) is 21.7. The Morgan fingerprint density at radius 3 is 3.00 bits per heavy atom. The maximum atomic E-state index is 13.8. The molecule has 2 aromatic rings. The third-order valence-electron chi connectivity index (χ3n) is 4.96. The van der Waals surface area contributed by atoms with E-state index in [-0.39, 0.29) is 11.9 Å². The summed E-state index contributed by atoms with van der Waals surface area (Å²) in [6.07, 6.45) is 7.05. The number of methoxy groups -OCH3 is 1. The molecule has 0 aliphatic heterocycles. The Bertz CT molecular complexity index is 696. The number of hydrogen-bond donors (Lipinski definition) is 1. The zero-order chi connectivity index (χ0) is 15.8. The molecular formula is C18H21FN2O2. The number of halogens is 1. The van der Waals surface area contributed by atoms with E-state index in [1.54, 1.807) is 19.2 Å². The van der Waals surface area contributed by atoms with Gasteiger partial charge in [0.25, 0.3) is 0 Å². The van der Waals surface area contributed by atoms with Crippen LogP contribution in [-0.4, -0.2) is 18.3 Å². The maximum absolute atomic E-state index is 13.8. The van der Waals surface area contributed by atoms with Crippen LogP contribution in [0.1, 0.15) is 42.2 Å². The average Bonchev–Trinajstić information content (AvgIpc) is 3.30. The number of nitrogens with zero attached hydrogens (tertiary/aromatic N) is 1. The first-order chi connectivity index (χ1) is 11.2. The van der Waals surface area contributed by atoms with Gasteiger partial charge in [0.2, 0.25) is 0 Å². The lowest BCUT2D eigenvalue weighted by Gasteiger charge is -2.29. The Morgan fingerprint density at radius 1 is 1.35 bits per heavy atom. The lowest BCUT2D eigenvalue weighted by molar-refractivity contribution is 0.314. The van der Waals surface area contributed by atoms with Crippen LogP contribution in [0.5, 0.6) is 5.75 Å². The average molecular weight is 316 g/mol. The lowest BCUT2D eigenvalue weighted by Crippen LogP contribution is -2.38. The predicted octanol–water partition coefficient (Wildman–Crippen LogP) is 3.42. The lowest BCUT2D eigenvalue weighted by atomic mass is 9.92. The van der Waals surface area contributed by atoms with Crippen molar-refractivity contribution in [2.75, 3.05) is 7.11 Å². The molecule has 0 radical (unpaired) electrons. The van der Waals surface area contributed by atoms with Crippen molar-refractivity contribution >= 4 is 0 Å². The van der Waals surface area contributed by atoms with E-state index in [1.807, 2.05) is 6.20 Å². The molecule has 2 atom stereocenters. The van der Waals surface area contributed by atoms with Crippen LogP contribution in [-0.2, 0) is 12.8 Å². The third-order valence-corrected chi connectivity index (χ3v) is 4.96. The molecule has 4 rings (SSSR count). The monoisotopic (exact) mass is 316 g/mol. The van der Waals surface area contributed by atoms with E-state index in [0.717, 1.165) is 36.3 Å². The van der Waals surface area contributed by atoms with Crippen molar-refractivity contribution in [1.82, 2.24) is 10.5 Å². The Hall–Kier alpha value is -1.88. The van der Waals surface area contributed by atoms with Gasteiger partial charge in [-0.3, -0.25) is 0 Å². The highest BCUT2D eigenvalue weighted by molar-refractivity contribution is 5.37. The minimum absolute atomic E-state index is 0.134. The van der Waals surface area contributed by atoms with E-state index in [2.05, 4.69) is 10.5 Å². The molecule has 1 fully saturated rings. The molecule has 122 valence electrons. The standard InChI is InChI=1S/C18H21FN2O2/c1-22-16-7-5-13(19)8-15(16)18(11-2-3-11)21-14-6-4-12-10-20-23-17(12)9-14/h5,7-8,10-11,14,18,21H,2-4,6,9H2,1H3. The fourth-order valence-electron chi connectivity index (χ4n) is 3.57. The van der Waals surface area contributed by atoms with Gasteiger partial charge in [-0.2, -0.15) is 0 Å². The summed E-state index contributed by atoms with van der Waals surface area (Å²) in [5.74, 6) is 2.08. The molecule has 0 amide bonds. The van der Waals surface area contributed by atoms with Crippen LogP contribution in [0, 0.1) is 11.7 Å². The van der Waals surface area contributed by atoms with Gasteiger partial charge >= 0.3 is 0 Å². The molecular weight excluding hydrogens is 295 g/mol. The minimum Gasteiger partial charge on any atom is -0.496 e. The smallest absolute Gasteiger partial charge is 0.141 e. The predicted molar refractivity (Wildman–Crippen MR) is 83.9 cm³/mol. The highest BCUT2D eigenvalue weighted by atomic mass is 19.1. The SMILES string of the molecule is COc1ccc(F)cc1C(NC1CCc2cnoc2C1)C1CC1. The first-order valence-electron chi connectivity index (χ1n) is 8.26. The van der Waals surface area contributed by atoms with Crippen molar-refractivity contribution in [2.45, 2.75) is 44.2 Å². The summed E-state index contributed by atoms with van der Waals surface area (Å²) >= 11 is 0. The van der Waals surface area contributed by atoms with Crippen LogP contribution in [0.25, 0.3) is 0 Å². The van der Waals surface area contributed by atoms with Crippen LogP contribution in [0.15, 0.2) is 28.9 Å². The Balaban J connectivity index is 1.56. The van der Waals surface area contributed by atoms with Gasteiger partial charge in [0, 0.05) is 29.6 Å². The molecule has 2 aliphatic rings. The second kappa shape index (κ2) is 5.96. The minimum atomic E-state index is -0.214. The van der Waals surface area contributed by atoms with E-state index < -0.39 is 0 Å². The van der Waals surface area contributed by atoms with Gasteiger partial charge in [0.1, 0.15) is 17.3 Å². The number of ether oxygens (including phenoxy) is 1. The van der Waals surface area contributed by atoms with Crippen molar-refractivity contribution in [3.8, 4) is 5.75 Å². The highest BCUT2D eigenvalue weighted by Crippen LogP contribution is 2.44. The van der Waals surface area contributed by atoms with Crippen molar-refractivity contribution in [2.24, 2.45) is 5.92 Å². The van der Waals surface area contributed by atoms with Crippen LogP contribution in [0.4, 0.5) is 4.39 Å². The summed E-state index contributed by atoms with van der Waals surface area (Å²) in [4.78, 5) is 0. The molecule has 1 aromatic carbocycles. The third kappa shape index (κ3) is 2.98. The van der Waals surface area contributed by atoms with Crippen molar-refractivity contribution in [3.05, 3.63) is 47.1 Å². The fourth-order valence-corrected chi connectivity index (χ4v) is 3.57. The number of rotatable bonds is 5. The molecule has 4 nitrogen and oxygen atoms in total. The largest absolute Gasteiger partial charge is 0.496 e. The second-order valence-electron chi connectivity index (χ2n) is 6.58. The van der Waals surface area contributed by atoms with Crippen molar-refractivity contribution < 1.29 is 13.7 Å². The Labute approximate surface area is 135 Å². The zero-order valence-corrected chi connectivity index (χ0v) is 13.2. The summed E-state index contributed by atoms with van der Waals surface area (Å²) in [6.45, 7) is 0. The number of nitrogens with one attached hydrogen (secondary N) is 1. The number of benzene rings is 1. The summed E-state index contributed by atoms with van der Waals surface area (Å²) in [7, 11) is 1.64. The van der Waals surface area contributed by atoms with E-state index in [4.69, 9.17) is 9.26 Å². The van der Waals surface area contributed by atoms with Crippen LogP contribution >= 0.6 is 0 Å². The summed E-state index contributed by atoms with van der Waals surface area (Å²) in [6, 6.07) is 5.24. The quantitative estimate of drug-likeness (QED) is 0.918. The van der Waals surface area contributed by atoms with Crippen LogP contribution in [0.2, 0.25) is 0 Å². The summed E-state index contributed by atoms with van der Waals surface area (Å²) < 4.78 is 24.6. The topological polar surface area (TPSA) is 47.3 Å². The molecule has 0 bridgehead atoms. The maximum Gasteiger partial charge on any atom is 0.141 e. The van der Waals surface area contributed by atoms with Gasteiger partial charge in [-0.15, -0.1) is 0 Å². The molecule has 2 aliphatic carbocycles. The zero-order valence-electron chi connectivity index (χ0n) is 13.2. The molecule has 23 heavy (non-hydrogen) atoms. The molecule has 5 heteroatoms. The number of fused-ring (bicyclic) bond motifs is 1. The number of hydrogen-bond acceptors (Lipinski definition) is 4. The fraction of sp³-hybridized carbons (Fsp3) is 0.500. The van der Waals surface area contributed by atoms with Gasteiger partial charge in [0.05, 0.1) is 13.3 Å². The molecule has 1 N–H and O–H groups in total. The second-order valence-corrected chi connectivity index (χ2v) is 6.58. The van der Waals surface area contributed by atoms with Crippen molar-refractivity contribution in [1.29, 1.82) is 0 Å². The van der Waals surface area contributed by atoms with Gasteiger partial charge in [-0.25, -0.2) is 4.39 Å². The van der Waals surface area contributed by atoms with E-state index >= 15 is 0 Å². The van der Waals surface area contributed by atoms with E-state index in [0.29, 0.717) is 12.0 Å². The van der Waals surface area contributed by atoms with E-state index in [9.17, 15) is 4.39 Å². The van der Waals surface area contributed by atoms with Gasteiger partial charge in [-0.1, -0.05) is 5.16 Å².